The fourth-order valence-corrected chi connectivity index (χ4v) is 2.70. The van der Waals surface area contributed by atoms with Gasteiger partial charge < -0.3 is 14.4 Å². The van der Waals surface area contributed by atoms with Crippen molar-refractivity contribution in [3.8, 4) is 0 Å². The second-order valence-electron chi connectivity index (χ2n) is 5.26. The highest BCUT2D eigenvalue weighted by molar-refractivity contribution is 6.01. The molecule has 114 valence electrons. The van der Waals surface area contributed by atoms with E-state index in [1.54, 1.807) is 19.1 Å². The molecule has 0 spiro atoms. The Kier molecular flexibility index (Phi) is 3.22. The lowest BCUT2D eigenvalue weighted by atomic mass is 10.0. The zero-order chi connectivity index (χ0) is 15.3. The lowest BCUT2D eigenvalue weighted by Crippen LogP contribution is -2.36. The molecule has 1 aromatic rings. The Morgan fingerprint density at radius 2 is 1.95 bits per heavy atom. The van der Waals surface area contributed by atoms with Crippen molar-refractivity contribution in [2.24, 2.45) is 0 Å². The van der Waals surface area contributed by atoms with E-state index in [1.165, 1.54) is 6.07 Å². The van der Waals surface area contributed by atoms with E-state index in [4.69, 9.17) is 9.47 Å². The Balaban J connectivity index is 1.91. The summed E-state index contributed by atoms with van der Waals surface area (Å²) in [7, 11) is 0. The monoisotopic (exact) mass is 301 g/mol. The molecular weight excluding hydrogens is 287 g/mol. The summed E-state index contributed by atoms with van der Waals surface area (Å²) >= 11 is 0. The lowest BCUT2D eigenvalue weighted by Gasteiger charge is -2.24. The Labute approximate surface area is 119 Å². The van der Waals surface area contributed by atoms with Crippen molar-refractivity contribution in [3.63, 3.8) is 0 Å². The molecule has 4 nitrogen and oxygen atoms in total. The highest BCUT2D eigenvalue weighted by atomic mass is 19.4. The van der Waals surface area contributed by atoms with E-state index >= 15 is 0 Å². The van der Waals surface area contributed by atoms with Gasteiger partial charge in [0.05, 0.1) is 19.6 Å². The molecule has 3 rings (SSSR count). The lowest BCUT2D eigenvalue weighted by molar-refractivity contribution is -0.149. The molecule has 1 amide bonds. The molecule has 1 fully saturated rings. The van der Waals surface area contributed by atoms with Crippen LogP contribution in [0.5, 0.6) is 0 Å². The van der Waals surface area contributed by atoms with E-state index in [0.717, 1.165) is 4.90 Å². The topological polar surface area (TPSA) is 38.8 Å². The summed E-state index contributed by atoms with van der Waals surface area (Å²) in [5, 5.41) is 0. The number of halogens is 3. The van der Waals surface area contributed by atoms with Crippen molar-refractivity contribution in [3.05, 3.63) is 29.3 Å². The summed E-state index contributed by atoms with van der Waals surface area (Å²) in [4.78, 5) is 12.6. The van der Waals surface area contributed by atoms with Gasteiger partial charge in [0.1, 0.15) is 6.54 Å². The van der Waals surface area contributed by atoms with Gasteiger partial charge in [-0.05, 0) is 24.6 Å². The van der Waals surface area contributed by atoms with E-state index in [-0.39, 0.29) is 6.42 Å². The van der Waals surface area contributed by atoms with Gasteiger partial charge in [-0.3, -0.25) is 4.79 Å². The Morgan fingerprint density at radius 3 is 2.57 bits per heavy atom. The summed E-state index contributed by atoms with van der Waals surface area (Å²) in [5.74, 6) is -1.44. The zero-order valence-electron chi connectivity index (χ0n) is 11.4. The van der Waals surface area contributed by atoms with Crippen molar-refractivity contribution in [1.29, 1.82) is 0 Å². The van der Waals surface area contributed by atoms with Crippen LogP contribution in [0.15, 0.2) is 18.2 Å². The Hall–Kier alpha value is -1.60. The largest absolute Gasteiger partial charge is 0.406 e. The van der Waals surface area contributed by atoms with Gasteiger partial charge in [0, 0.05) is 11.3 Å². The number of fused-ring (bicyclic) bond motifs is 1. The maximum absolute atomic E-state index is 12.5. The molecule has 2 heterocycles. The smallest absolute Gasteiger partial charge is 0.344 e. The van der Waals surface area contributed by atoms with Gasteiger partial charge in [0.25, 0.3) is 0 Å². The molecule has 2 aliphatic heterocycles. The number of hydrogen-bond donors (Lipinski definition) is 0. The molecule has 0 aliphatic carbocycles. The number of alkyl halides is 3. The van der Waals surface area contributed by atoms with Crippen LogP contribution in [-0.2, 0) is 26.5 Å². The van der Waals surface area contributed by atoms with E-state index < -0.39 is 24.4 Å². The minimum Gasteiger partial charge on any atom is -0.344 e. The fourth-order valence-electron chi connectivity index (χ4n) is 2.70. The number of rotatable bonds is 2. The molecule has 0 radical (unpaired) electrons. The van der Waals surface area contributed by atoms with E-state index in [9.17, 15) is 18.0 Å². The number of carbonyl (C=O) groups excluding carboxylic acids is 1. The maximum atomic E-state index is 12.5. The van der Waals surface area contributed by atoms with Gasteiger partial charge in [0.15, 0.2) is 5.79 Å². The third-order valence-electron chi connectivity index (χ3n) is 3.71. The fraction of sp³-hybridized carbons (Fsp3) is 0.500. The molecular formula is C14H14F3NO3. The molecule has 21 heavy (non-hydrogen) atoms. The van der Waals surface area contributed by atoms with Crippen molar-refractivity contribution >= 4 is 11.6 Å². The highest BCUT2D eigenvalue weighted by Crippen LogP contribution is 2.37. The van der Waals surface area contributed by atoms with Crippen LogP contribution in [0.2, 0.25) is 0 Å². The third kappa shape index (κ3) is 2.63. The minimum absolute atomic E-state index is 0.0324. The second-order valence-corrected chi connectivity index (χ2v) is 5.26. The standard InChI is InChI=1S/C14H14F3NO3/c1-13(20-4-5-21-13)10-2-3-11-9(6-10)7-12(19)18(11)8-14(15,16)17/h2-3,6H,4-5,7-8H2,1H3. The predicted molar refractivity (Wildman–Crippen MR) is 67.8 cm³/mol. The van der Waals surface area contributed by atoms with Crippen LogP contribution in [0.25, 0.3) is 0 Å². The van der Waals surface area contributed by atoms with Crippen LogP contribution in [0.3, 0.4) is 0 Å². The van der Waals surface area contributed by atoms with Crippen molar-refractivity contribution in [2.75, 3.05) is 24.7 Å². The summed E-state index contributed by atoms with van der Waals surface area (Å²) in [6.07, 6.45) is -4.45. The molecule has 1 saturated heterocycles. The van der Waals surface area contributed by atoms with Crippen LogP contribution in [0, 0.1) is 0 Å². The Morgan fingerprint density at radius 1 is 1.29 bits per heavy atom. The van der Waals surface area contributed by atoms with E-state index in [1.807, 2.05) is 0 Å². The molecule has 0 unspecified atom stereocenters. The first-order valence-corrected chi connectivity index (χ1v) is 6.57. The van der Waals surface area contributed by atoms with Gasteiger partial charge in [-0.2, -0.15) is 13.2 Å². The molecule has 7 heteroatoms. The van der Waals surface area contributed by atoms with E-state index in [2.05, 4.69) is 0 Å². The quantitative estimate of drug-likeness (QED) is 0.842. The summed E-state index contributed by atoms with van der Waals surface area (Å²) in [6, 6.07) is 4.86. The van der Waals surface area contributed by atoms with Crippen LogP contribution in [0.1, 0.15) is 18.1 Å². The minimum atomic E-state index is -4.42. The third-order valence-corrected chi connectivity index (χ3v) is 3.71. The van der Waals surface area contributed by atoms with Crippen LogP contribution in [-0.4, -0.2) is 31.8 Å². The van der Waals surface area contributed by atoms with Gasteiger partial charge >= 0.3 is 6.18 Å². The first-order chi connectivity index (χ1) is 9.78. The molecule has 0 N–H and O–H groups in total. The molecule has 0 bridgehead atoms. The number of nitrogens with zero attached hydrogens (tertiary/aromatic N) is 1. The van der Waals surface area contributed by atoms with Crippen LogP contribution >= 0.6 is 0 Å². The Bertz CT molecular complexity index is 579. The van der Waals surface area contributed by atoms with Crippen molar-refractivity contribution < 1.29 is 27.4 Å². The van der Waals surface area contributed by atoms with Crippen molar-refractivity contribution in [1.82, 2.24) is 0 Å². The van der Waals surface area contributed by atoms with Crippen LogP contribution in [0.4, 0.5) is 18.9 Å². The number of amides is 1. The molecule has 1 aromatic carbocycles. The van der Waals surface area contributed by atoms with Gasteiger partial charge in [-0.25, -0.2) is 0 Å². The van der Waals surface area contributed by atoms with Gasteiger partial charge in [-0.15, -0.1) is 0 Å². The summed E-state index contributed by atoms with van der Waals surface area (Å²) in [5.41, 5.74) is 1.59. The number of carbonyl (C=O) groups is 1. The number of hydrogen-bond acceptors (Lipinski definition) is 3. The van der Waals surface area contributed by atoms with Crippen molar-refractivity contribution in [2.45, 2.75) is 25.3 Å². The molecule has 0 saturated carbocycles. The number of benzene rings is 1. The highest BCUT2D eigenvalue weighted by Gasteiger charge is 2.39. The second kappa shape index (κ2) is 4.71. The molecule has 0 aromatic heterocycles. The van der Waals surface area contributed by atoms with Gasteiger partial charge in [0.2, 0.25) is 5.91 Å². The van der Waals surface area contributed by atoms with Gasteiger partial charge in [-0.1, -0.05) is 6.07 Å². The summed E-state index contributed by atoms with van der Waals surface area (Å²) < 4.78 is 48.6. The SMILES string of the molecule is CC1(c2ccc3c(c2)CC(=O)N3CC(F)(F)F)OCCO1. The summed E-state index contributed by atoms with van der Waals surface area (Å²) in [6.45, 7) is 1.42. The average molecular weight is 301 g/mol. The van der Waals surface area contributed by atoms with E-state index in [0.29, 0.717) is 30.0 Å². The normalized spacial score (nSPS) is 21.0. The molecule has 0 atom stereocenters. The zero-order valence-corrected chi connectivity index (χ0v) is 11.4. The molecule has 2 aliphatic rings. The number of anilines is 1. The predicted octanol–water partition coefficient (Wildman–Crippen LogP) is 2.36. The van der Waals surface area contributed by atoms with Crippen LogP contribution < -0.4 is 4.90 Å². The maximum Gasteiger partial charge on any atom is 0.406 e. The number of ether oxygens (including phenoxy) is 2. The first-order valence-electron chi connectivity index (χ1n) is 6.57. The first kappa shape index (κ1) is 14.3. The average Bonchev–Trinajstić information content (AvgIpc) is 2.94.